The third-order valence-corrected chi connectivity index (χ3v) is 2.69. The first-order chi connectivity index (χ1) is 8.58. The Hall–Kier alpha value is -1.95. The van der Waals surface area contributed by atoms with E-state index in [1.54, 1.807) is 12.1 Å². The molecular weight excluding hydrogens is 301 g/mol. The number of pyridine rings is 1. The highest BCUT2D eigenvalue weighted by Crippen LogP contribution is 2.18. The Bertz CT molecular complexity index is 604. The van der Waals surface area contributed by atoms with Crippen molar-refractivity contribution in [1.82, 2.24) is 4.98 Å². The van der Waals surface area contributed by atoms with Gasteiger partial charge in [0, 0.05) is 10.7 Å². The molecule has 1 amide bonds. The summed E-state index contributed by atoms with van der Waals surface area (Å²) >= 11 is 3.19. The van der Waals surface area contributed by atoms with Gasteiger partial charge in [-0.3, -0.25) is 4.79 Å². The smallest absolute Gasteiger partial charge is 0.259 e. The largest absolute Gasteiger partial charge is 0.383 e. The summed E-state index contributed by atoms with van der Waals surface area (Å²) in [7, 11) is 0. The van der Waals surface area contributed by atoms with E-state index in [1.165, 1.54) is 24.4 Å². The Morgan fingerprint density at radius 3 is 2.83 bits per heavy atom. The number of halogens is 2. The van der Waals surface area contributed by atoms with Crippen molar-refractivity contribution >= 4 is 33.3 Å². The molecule has 18 heavy (non-hydrogen) atoms. The number of hydrogen-bond acceptors (Lipinski definition) is 3. The Labute approximate surface area is 111 Å². The van der Waals surface area contributed by atoms with Crippen LogP contribution in [-0.4, -0.2) is 10.9 Å². The van der Waals surface area contributed by atoms with Crippen molar-refractivity contribution < 1.29 is 9.18 Å². The maximum absolute atomic E-state index is 13.4. The molecule has 0 radical (unpaired) electrons. The van der Waals surface area contributed by atoms with Crippen molar-refractivity contribution in [2.45, 2.75) is 0 Å². The topological polar surface area (TPSA) is 68.0 Å². The van der Waals surface area contributed by atoms with Gasteiger partial charge in [0.1, 0.15) is 11.6 Å². The van der Waals surface area contributed by atoms with Crippen LogP contribution >= 0.6 is 15.9 Å². The number of para-hydroxylation sites is 1. The lowest BCUT2D eigenvalue weighted by atomic mass is 10.2. The summed E-state index contributed by atoms with van der Waals surface area (Å²) in [5, 5.41) is 2.44. The zero-order valence-corrected chi connectivity index (χ0v) is 10.7. The fourth-order valence-electron chi connectivity index (χ4n) is 1.38. The van der Waals surface area contributed by atoms with Gasteiger partial charge in [-0.25, -0.2) is 9.37 Å². The van der Waals surface area contributed by atoms with E-state index in [2.05, 4.69) is 26.2 Å². The van der Waals surface area contributed by atoms with Gasteiger partial charge in [-0.05, 0) is 34.1 Å². The van der Waals surface area contributed by atoms with Crippen LogP contribution in [0.2, 0.25) is 0 Å². The predicted octanol–water partition coefficient (Wildman–Crippen LogP) is 2.82. The second kappa shape index (κ2) is 5.14. The van der Waals surface area contributed by atoms with Crippen LogP contribution in [0.15, 0.2) is 41.0 Å². The van der Waals surface area contributed by atoms with Crippen LogP contribution in [0.3, 0.4) is 0 Å². The number of benzene rings is 1. The zero-order valence-electron chi connectivity index (χ0n) is 9.15. The molecule has 2 aromatic rings. The van der Waals surface area contributed by atoms with Gasteiger partial charge < -0.3 is 11.1 Å². The van der Waals surface area contributed by atoms with Gasteiger partial charge in [0.15, 0.2) is 0 Å². The van der Waals surface area contributed by atoms with Gasteiger partial charge in [-0.15, -0.1) is 0 Å². The number of anilines is 2. The number of nitrogen functional groups attached to an aromatic ring is 1. The van der Waals surface area contributed by atoms with Gasteiger partial charge in [0.25, 0.3) is 5.91 Å². The average Bonchev–Trinajstić information content (AvgIpc) is 2.35. The maximum Gasteiger partial charge on any atom is 0.259 e. The minimum atomic E-state index is -0.508. The summed E-state index contributed by atoms with van der Waals surface area (Å²) in [4.78, 5) is 15.8. The van der Waals surface area contributed by atoms with Crippen LogP contribution in [0.4, 0.5) is 15.9 Å². The highest BCUT2D eigenvalue weighted by Gasteiger charge is 2.13. The molecule has 3 N–H and O–H groups in total. The Balaban J connectivity index is 2.28. The van der Waals surface area contributed by atoms with Crippen molar-refractivity contribution in [3.05, 3.63) is 52.4 Å². The van der Waals surface area contributed by atoms with E-state index in [-0.39, 0.29) is 17.1 Å². The van der Waals surface area contributed by atoms with E-state index in [4.69, 9.17) is 5.73 Å². The van der Waals surface area contributed by atoms with E-state index in [1.807, 2.05) is 0 Å². The van der Waals surface area contributed by atoms with Gasteiger partial charge in [0.05, 0.1) is 11.3 Å². The fourth-order valence-corrected chi connectivity index (χ4v) is 1.72. The molecule has 0 aliphatic rings. The quantitative estimate of drug-likeness (QED) is 0.896. The lowest BCUT2D eigenvalue weighted by Gasteiger charge is -2.07. The molecule has 2 rings (SSSR count). The number of nitrogens with zero attached hydrogens (tertiary/aromatic N) is 1. The highest BCUT2D eigenvalue weighted by molar-refractivity contribution is 9.10. The summed E-state index contributed by atoms with van der Waals surface area (Å²) in [6.07, 6.45) is 1.48. The highest BCUT2D eigenvalue weighted by atomic mass is 79.9. The molecule has 0 bridgehead atoms. The molecule has 0 atom stereocenters. The first-order valence-corrected chi connectivity index (χ1v) is 5.84. The zero-order chi connectivity index (χ0) is 13.1. The molecule has 0 saturated heterocycles. The first kappa shape index (κ1) is 12.5. The molecule has 0 aliphatic carbocycles. The van der Waals surface area contributed by atoms with Crippen LogP contribution in [0.5, 0.6) is 0 Å². The lowest BCUT2D eigenvalue weighted by molar-refractivity contribution is 0.102. The van der Waals surface area contributed by atoms with Crippen molar-refractivity contribution in [1.29, 1.82) is 0 Å². The Kier molecular flexibility index (Phi) is 3.57. The van der Waals surface area contributed by atoms with Crippen molar-refractivity contribution in [2.24, 2.45) is 0 Å². The number of hydrogen-bond donors (Lipinski definition) is 2. The Morgan fingerprint density at radius 1 is 1.39 bits per heavy atom. The summed E-state index contributed by atoms with van der Waals surface area (Å²) in [6.45, 7) is 0. The predicted molar refractivity (Wildman–Crippen MR) is 70.7 cm³/mol. The average molecular weight is 310 g/mol. The summed E-state index contributed by atoms with van der Waals surface area (Å²) in [5.41, 5.74) is 5.88. The Morgan fingerprint density at radius 2 is 2.11 bits per heavy atom. The molecule has 0 unspecified atom stereocenters. The molecule has 92 valence electrons. The molecule has 0 saturated carbocycles. The second-order valence-corrected chi connectivity index (χ2v) is 4.44. The second-order valence-electron chi connectivity index (χ2n) is 3.52. The number of carbonyl (C=O) groups is 1. The van der Waals surface area contributed by atoms with E-state index < -0.39 is 11.7 Å². The van der Waals surface area contributed by atoms with Gasteiger partial charge >= 0.3 is 0 Å². The minimum absolute atomic E-state index is 0.0899. The SMILES string of the molecule is Nc1ncc(Br)cc1C(=O)Nc1ccccc1F. The van der Waals surface area contributed by atoms with Crippen LogP contribution in [0, 0.1) is 5.82 Å². The molecular formula is C12H9BrFN3O. The molecule has 1 heterocycles. The third kappa shape index (κ3) is 2.65. The molecule has 1 aromatic heterocycles. The lowest BCUT2D eigenvalue weighted by Crippen LogP contribution is -2.15. The standard InChI is InChI=1S/C12H9BrFN3O/c13-7-5-8(11(15)16-6-7)12(18)17-10-4-2-1-3-9(10)14/h1-6H,(H2,15,16)(H,17,18). The van der Waals surface area contributed by atoms with Gasteiger partial charge in [0.2, 0.25) is 0 Å². The van der Waals surface area contributed by atoms with E-state index in [0.29, 0.717) is 4.47 Å². The minimum Gasteiger partial charge on any atom is -0.383 e. The molecule has 4 nitrogen and oxygen atoms in total. The fraction of sp³-hybridized carbons (Fsp3) is 0. The number of rotatable bonds is 2. The van der Waals surface area contributed by atoms with Gasteiger partial charge in [-0.1, -0.05) is 12.1 Å². The van der Waals surface area contributed by atoms with Crippen LogP contribution in [-0.2, 0) is 0 Å². The van der Waals surface area contributed by atoms with Crippen LogP contribution in [0.25, 0.3) is 0 Å². The summed E-state index contributed by atoms with van der Waals surface area (Å²) in [6, 6.07) is 7.42. The molecule has 6 heteroatoms. The monoisotopic (exact) mass is 309 g/mol. The van der Waals surface area contributed by atoms with Crippen LogP contribution < -0.4 is 11.1 Å². The molecule has 0 fully saturated rings. The third-order valence-electron chi connectivity index (χ3n) is 2.25. The molecule has 0 spiro atoms. The number of nitrogens with one attached hydrogen (secondary N) is 1. The number of nitrogens with two attached hydrogens (primary N) is 1. The van der Waals surface area contributed by atoms with Crippen molar-refractivity contribution in [2.75, 3.05) is 11.1 Å². The number of amides is 1. The number of carbonyl (C=O) groups excluding carboxylic acids is 1. The van der Waals surface area contributed by atoms with E-state index in [0.717, 1.165) is 0 Å². The normalized spacial score (nSPS) is 10.1. The first-order valence-electron chi connectivity index (χ1n) is 5.05. The van der Waals surface area contributed by atoms with Gasteiger partial charge in [-0.2, -0.15) is 0 Å². The maximum atomic E-state index is 13.4. The summed E-state index contributed by atoms with van der Waals surface area (Å²) < 4.78 is 14.0. The van der Waals surface area contributed by atoms with E-state index >= 15 is 0 Å². The molecule has 0 aliphatic heterocycles. The van der Waals surface area contributed by atoms with E-state index in [9.17, 15) is 9.18 Å². The molecule has 1 aromatic carbocycles. The van der Waals surface area contributed by atoms with Crippen LogP contribution in [0.1, 0.15) is 10.4 Å². The summed E-state index contributed by atoms with van der Waals surface area (Å²) in [5.74, 6) is -0.925. The van der Waals surface area contributed by atoms with Crippen molar-refractivity contribution in [3.63, 3.8) is 0 Å². The number of aromatic nitrogens is 1. The van der Waals surface area contributed by atoms with Crippen molar-refractivity contribution in [3.8, 4) is 0 Å².